The number of carbonyl (C=O) groups is 2. The number of nitrogens with one attached hydrogen (secondary N) is 1. The second-order valence-electron chi connectivity index (χ2n) is 11.6. The van der Waals surface area contributed by atoms with Crippen LogP contribution in [0.1, 0.15) is 33.4 Å². The molecule has 1 heterocycles. The van der Waals surface area contributed by atoms with Crippen molar-refractivity contribution in [3.8, 4) is 5.75 Å². The molecule has 1 atom stereocenters. The van der Waals surface area contributed by atoms with Gasteiger partial charge in [0.15, 0.2) is 6.10 Å². The van der Waals surface area contributed by atoms with Gasteiger partial charge < -0.3 is 15.0 Å². The third-order valence-electron chi connectivity index (χ3n) is 7.92. The minimum atomic E-state index is -4.09. The van der Waals surface area contributed by atoms with Crippen molar-refractivity contribution in [3.05, 3.63) is 124 Å². The zero-order chi connectivity index (χ0) is 32.1. The van der Waals surface area contributed by atoms with E-state index in [1.54, 1.807) is 38.1 Å². The highest BCUT2D eigenvalue weighted by Crippen LogP contribution is 2.34. The number of aryl methyl sites for hydroxylation is 4. The van der Waals surface area contributed by atoms with Gasteiger partial charge in [-0.3, -0.25) is 9.59 Å². The minimum absolute atomic E-state index is 0.0104. The van der Waals surface area contributed by atoms with Crippen molar-refractivity contribution in [3.63, 3.8) is 0 Å². The Bertz CT molecular complexity index is 1770. The molecule has 45 heavy (non-hydrogen) atoms. The average Bonchev–Trinajstić information content (AvgIpc) is 3.01. The second-order valence-corrected chi connectivity index (χ2v) is 13.5. The van der Waals surface area contributed by atoms with Crippen LogP contribution in [-0.2, 0) is 32.6 Å². The van der Waals surface area contributed by atoms with Crippen molar-refractivity contribution in [1.29, 1.82) is 0 Å². The third-order valence-corrected chi connectivity index (χ3v) is 10.0. The number of benzene rings is 4. The monoisotopic (exact) mass is 625 g/mol. The molecule has 0 radical (unpaired) electrons. The van der Waals surface area contributed by atoms with E-state index in [1.165, 1.54) is 9.21 Å². The van der Waals surface area contributed by atoms with Crippen LogP contribution < -0.4 is 15.0 Å². The number of carbonyl (C=O) groups excluding carboxylic acids is 2. The summed E-state index contributed by atoms with van der Waals surface area (Å²) in [6, 6.07) is 28.1. The van der Waals surface area contributed by atoms with E-state index in [0.29, 0.717) is 35.5 Å². The van der Waals surface area contributed by atoms with Crippen LogP contribution in [0.5, 0.6) is 5.75 Å². The lowest BCUT2D eigenvalue weighted by Crippen LogP contribution is -2.53. The number of amides is 2. The van der Waals surface area contributed by atoms with Gasteiger partial charge in [0.25, 0.3) is 5.91 Å². The van der Waals surface area contributed by atoms with Crippen molar-refractivity contribution in [2.75, 3.05) is 24.5 Å². The second kappa shape index (κ2) is 13.7. The first-order chi connectivity index (χ1) is 21.5. The van der Waals surface area contributed by atoms with E-state index in [4.69, 9.17) is 4.74 Å². The minimum Gasteiger partial charge on any atom is -0.477 e. The van der Waals surface area contributed by atoms with E-state index in [1.807, 2.05) is 80.6 Å². The Kier molecular flexibility index (Phi) is 9.70. The van der Waals surface area contributed by atoms with E-state index in [9.17, 15) is 18.0 Å². The van der Waals surface area contributed by atoms with E-state index >= 15 is 0 Å². The summed E-state index contributed by atoms with van der Waals surface area (Å²) in [5.41, 5.74) is 5.60. The van der Waals surface area contributed by atoms with Crippen molar-refractivity contribution >= 4 is 27.5 Å². The molecule has 2 amide bonds. The Hall–Kier alpha value is -4.47. The normalized spacial score (nSPS) is 14.5. The molecule has 9 heteroatoms. The van der Waals surface area contributed by atoms with Gasteiger partial charge in [-0.05, 0) is 68.5 Å². The van der Waals surface area contributed by atoms with E-state index in [0.717, 1.165) is 22.3 Å². The highest BCUT2D eigenvalue weighted by Gasteiger charge is 2.37. The standard InChI is InChI=1S/C36H39N3O5S/c1-25-14-16-30(17-15-25)22-38(45(42,43)35-27(3)20-26(2)21-28(35)4)24-34(40)39-23-33(44-32-13-9-8-12-31(32)39)36(41)37-19-18-29-10-6-5-7-11-29/h5-17,20-21,33H,18-19,22-24H2,1-4H3,(H,37,41)/t33-/m1/s1. The van der Waals surface area contributed by atoms with Crippen LogP contribution in [0.15, 0.2) is 95.9 Å². The molecule has 0 spiro atoms. The molecule has 4 aromatic rings. The molecule has 234 valence electrons. The van der Waals surface area contributed by atoms with Gasteiger partial charge in [0.05, 0.1) is 23.7 Å². The molecule has 1 aliphatic rings. The Balaban J connectivity index is 1.41. The van der Waals surface area contributed by atoms with E-state index in [-0.39, 0.29) is 23.9 Å². The van der Waals surface area contributed by atoms with Gasteiger partial charge in [0.1, 0.15) is 5.75 Å². The van der Waals surface area contributed by atoms with Gasteiger partial charge in [0, 0.05) is 13.1 Å². The lowest BCUT2D eigenvalue weighted by Gasteiger charge is -2.35. The quantitative estimate of drug-likeness (QED) is 0.259. The fourth-order valence-corrected chi connectivity index (χ4v) is 7.55. The summed E-state index contributed by atoms with van der Waals surface area (Å²) >= 11 is 0. The topological polar surface area (TPSA) is 96.0 Å². The maximum atomic E-state index is 14.3. The van der Waals surface area contributed by atoms with Gasteiger partial charge in [0.2, 0.25) is 15.9 Å². The Morgan fingerprint density at radius 3 is 2.18 bits per heavy atom. The van der Waals surface area contributed by atoms with Crippen LogP contribution in [-0.4, -0.2) is 50.3 Å². The number of nitrogens with zero attached hydrogens (tertiary/aromatic N) is 2. The summed E-state index contributed by atoms with van der Waals surface area (Å²) in [7, 11) is -4.09. The predicted octanol–water partition coefficient (Wildman–Crippen LogP) is 5.26. The van der Waals surface area contributed by atoms with Gasteiger partial charge in [-0.1, -0.05) is 90.0 Å². The number of anilines is 1. The number of fused-ring (bicyclic) bond motifs is 1. The maximum Gasteiger partial charge on any atom is 0.262 e. The van der Waals surface area contributed by atoms with Crippen LogP contribution in [0, 0.1) is 27.7 Å². The summed E-state index contributed by atoms with van der Waals surface area (Å²) < 4.78 is 35.9. The van der Waals surface area contributed by atoms with Gasteiger partial charge in [-0.25, -0.2) is 8.42 Å². The molecule has 8 nitrogen and oxygen atoms in total. The van der Waals surface area contributed by atoms with E-state index < -0.39 is 28.6 Å². The number of rotatable bonds is 10. The van der Waals surface area contributed by atoms with Crippen molar-refractivity contribution < 1.29 is 22.7 Å². The van der Waals surface area contributed by atoms with Crippen LogP contribution >= 0.6 is 0 Å². The maximum absolute atomic E-state index is 14.3. The molecule has 1 aliphatic heterocycles. The fourth-order valence-electron chi connectivity index (χ4n) is 5.76. The third kappa shape index (κ3) is 7.44. The molecule has 1 N–H and O–H groups in total. The molecular weight excluding hydrogens is 586 g/mol. The highest BCUT2D eigenvalue weighted by molar-refractivity contribution is 7.89. The first-order valence-corrected chi connectivity index (χ1v) is 16.5. The van der Waals surface area contributed by atoms with Crippen LogP contribution in [0.4, 0.5) is 5.69 Å². The first kappa shape index (κ1) is 31.9. The molecule has 0 bridgehead atoms. The summed E-state index contributed by atoms with van der Waals surface area (Å²) in [6.07, 6.45) is -0.300. The summed E-state index contributed by atoms with van der Waals surface area (Å²) in [6.45, 7) is 7.40. The highest BCUT2D eigenvalue weighted by atomic mass is 32.2. The molecule has 4 aromatic carbocycles. The number of hydrogen-bond acceptors (Lipinski definition) is 5. The average molecular weight is 626 g/mol. The van der Waals surface area contributed by atoms with E-state index in [2.05, 4.69) is 5.32 Å². The van der Waals surface area contributed by atoms with Gasteiger partial charge in [-0.2, -0.15) is 4.31 Å². The molecule has 0 unspecified atom stereocenters. The number of sulfonamides is 1. The van der Waals surface area contributed by atoms with Crippen LogP contribution in [0.2, 0.25) is 0 Å². The molecule has 0 saturated carbocycles. The number of para-hydroxylation sites is 2. The summed E-state index contributed by atoms with van der Waals surface area (Å²) in [5.74, 6) is -0.405. The van der Waals surface area contributed by atoms with Crippen molar-refractivity contribution in [2.45, 2.75) is 51.7 Å². The SMILES string of the molecule is Cc1ccc(CN(CC(=O)N2C[C@H](C(=O)NCCc3ccccc3)Oc3ccccc32)S(=O)(=O)c2c(C)cc(C)cc2C)cc1. The zero-order valence-corrected chi connectivity index (χ0v) is 26.9. The summed E-state index contributed by atoms with van der Waals surface area (Å²) in [5, 5.41) is 2.92. The molecule has 0 saturated heterocycles. The predicted molar refractivity (Wildman–Crippen MR) is 176 cm³/mol. The molecular formula is C36H39N3O5S. The lowest BCUT2D eigenvalue weighted by molar-refractivity contribution is -0.128. The molecule has 0 fully saturated rings. The fraction of sp³-hybridized carbons (Fsp3) is 0.278. The number of hydrogen-bond donors (Lipinski definition) is 1. The Morgan fingerprint density at radius 2 is 1.49 bits per heavy atom. The number of ether oxygens (including phenoxy) is 1. The largest absolute Gasteiger partial charge is 0.477 e. The van der Waals surface area contributed by atoms with Crippen molar-refractivity contribution in [1.82, 2.24) is 9.62 Å². The lowest BCUT2D eigenvalue weighted by atomic mass is 10.1. The van der Waals surface area contributed by atoms with Crippen LogP contribution in [0.3, 0.4) is 0 Å². The Morgan fingerprint density at radius 1 is 0.844 bits per heavy atom. The zero-order valence-electron chi connectivity index (χ0n) is 26.1. The molecule has 0 aromatic heterocycles. The summed E-state index contributed by atoms with van der Waals surface area (Å²) in [4.78, 5) is 29.0. The molecule has 0 aliphatic carbocycles. The van der Waals surface area contributed by atoms with Gasteiger partial charge in [-0.15, -0.1) is 0 Å². The Labute approximate surface area is 265 Å². The smallest absolute Gasteiger partial charge is 0.262 e. The first-order valence-electron chi connectivity index (χ1n) is 15.0. The van der Waals surface area contributed by atoms with Gasteiger partial charge >= 0.3 is 0 Å². The van der Waals surface area contributed by atoms with Crippen LogP contribution in [0.25, 0.3) is 0 Å². The van der Waals surface area contributed by atoms with Crippen molar-refractivity contribution in [2.24, 2.45) is 0 Å². The molecule has 5 rings (SSSR count).